The Morgan fingerprint density at radius 2 is 1.19 bits per heavy atom. The number of nitrogens with one attached hydrogen (secondary N) is 1. The highest BCUT2D eigenvalue weighted by atomic mass is 14.7. The zero-order valence-corrected chi connectivity index (χ0v) is 21.5. The lowest BCUT2D eigenvalue weighted by Gasteiger charge is -2.17. The van der Waals surface area contributed by atoms with Crippen LogP contribution in [0.3, 0.4) is 0 Å². The first-order valence-corrected chi connectivity index (χ1v) is 14.1. The van der Waals surface area contributed by atoms with Crippen LogP contribution < -0.4 is 0 Å². The monoisotopic (exact) mass is 429 g/mol. The van der Waals surface area contributed by atoms with Crippen LogP contribution in [0, 0.1) is 0 Å². The highest BCUT2D eigenvalue weighted by molar-refractivity contribution is 5.22. The summed E-state index contributed by atoms with van der Waals surface area (Å²) in [6.45, 7) is 6.96. The topological polar surface area (TPSA) is 15.8 Å². The molecule has 0 aliphatic heterocycles. The Morgan fingerprint density at radius 1 is 0.710 bits per heavy atom. The van der Waals surface area contributed by atoms with Crippen LogP contribution in [0.4, 0.5) is 0 Å². The molecule has 1 heterocycles. The Hall–Kier alpha value is -0.980. The smallest absolute Gasteiger partial charge is 0.0219 e. The number of rotatable bonds is 22. The molecule has 0 fully saturated rings. The lowest BCUT2D eigenvalue weighted by molar-refractivity contribution is 0.530. The lowest BCUT2D eigenvalue weighted by Crippen LogP contribution is -2.02. The maximum absolute atomic E-state index is 3.50. The minimum atomic E-state index is 0.596. The van der Waals surface area contributed by atoms with Crippen molar-refractivity contribution in [1.29, 1.82) is 0 Å². The van der Waals surface area contributed by atoms with Crippen LogP contribution in [0.2, 0.25) is 0 Å². The van der Waals surface area contributed by atoms with Gasteiger partial charge in [0.15, 0.2) is 0 Å². The summed E-state index contributed by atoms with van der Waals surface area (Å²) in [5.74, 6) is 0.596. The van der Waals surface area contributed by atoms with Crippen molar-refractivity contribution in [2.24, 2.45) is 0 Å². The van der Waals surface area contributed by atoms with Gasteiger partial charge in [-0.1, -0.05) is 135 Å². The molecule has 1 unspecified atom stereocenters. The van der Waals surface area contributed by atoms with Gasteiger partial charge in [0.25, 0.3) is 0 Å². The average Bonchev–Trinajstić information content (AvgIpc) is 3.30. The van der Waals surface area contributed by atoms with Gasteiger partial charge in [0.2, 0.25) is 0 Å². The van der Waals surface area contributed by atoms with Crippen molar-refractivity contribution in [2.45, 2.75) is 155 Å². The summed E-state index contributed by atoms with van der Waals surface area (Å²) in [7, 11) is 0. The molecule has 0 spiro atoms. The third kappa shape index (κ3) is 15.5. The van der Waals surface area contributed by atoms with Gasteiger partial charge < -0.3 is 4.98 Å². The molecule has 180 valence electrons. The van der Waals surface area contributed by atoms with E-state index in [1.807, 2.05) is 0 Å². The first-order chi connectivity index (χ1) is 15.3. The van der Waals surface area contributed by atoms with E-state index in [0.717, 1.165) is 0 Å². The van der Waals surface area contributed by atoms with Gasteiger partial charge in [-0.05, 0) is 38.3 Å². The molecular formula is C30H55N. The van der Waals surface area contributed by atoms with Crippen LogP contribution >= 0.6 is 0 Å². The van der Waals surface area contributed by atoms with Crippen molar-refractivity contribution in [3.63, 3.8) is 0 Å². The highest BCUT2D eigenvalue weighted by Crippen LogP contribution is 2.29. The number of aromatic nitrogens is 1. The van der Waals surface area contributed by atoms with Gasteiger partial charge in [-0.25, -0.2) is 0 Å². The maximum atomic E-state index is 3.50. The number of aromatic amines is 1. The quantitative estimate of drug-likeness (QED) is 0.139. The fourth-order valence-corrected chi connectivity index (χ4v) is 4.78. The van der Waals surface area contributed by atoms with Crippen LogP contribution in [-0.4, -0.2) is 4.98 Å². The number of allylic oxidation sites excluding steroid dienone is 2. The molecule has 0 aliphatic rings. The number of hydrogen-bond acceptors (Lipinski definition) is 0. The summed E-state index contributed by atoms with van der Waals surface area (Å²) >= 11 is 0. The second-order valence-electron chi connectivity index (χ2n) is 9.86. The molecule has 1 atom stereocenters. The van der Waals surface area contributed by atoms with Crippen molar-refractivity contribution in [3.05, 3.63) is 35.7 Å². The zero-order valence-electron chi connectivity index (χ0n) is 21.5. The van der Waals surface area contributed by atoms with Crippen LogP contribution in [0.25, 0.3) is 0 Å². The molecule has 0 saturated heterocycles. The molecule has 0 radical (unpaired) electrons. The lowest BCUT2D eigenvalue weighted by atomic mass is 9.89. The van der Waals surface area contributed by atoms with Crippen LogP contribution in [0.1, 0.15) is 161 Å². The number of hydrogen-bond donors (Lipinski definition) is 1. The van der Waals surface area contributed by atoms with E-state index in [1.165, 1.54) is 134 Å². The molecule has 0 saturated carbocycles. The van der Waals surface area contributed by atoms with E-state index in [0.29, 0.717) is 5.92 Å². The van der Waals surface area contributed by atoms with Crippen molar-refractivity contribution >= 4 is 0 Å². The van der Waals surface area contributed by atoms with Gasteiger partial charge in [-0.2, -0.15) is 0 Å². The summed E-state index contributed by atoms with van der Waals surface area (Å²) < 4.78 is 0. The predicted octanol–water partition coefficient (Wildman–Crippen LogP) is 10.9. The molecule has 1 N–H and O–H groups in total. The van der Waals surface area contributed by atoms with Crippen LogP contribution in [0.15, 0.2) is 30.0 Å². The second kappa shape index (κ2) is 20.9. The fourth-order valence-electron chi connectivity index (χ4n) is 4.78. The van der Waals surface area contributed by atoms with E-state index in [-0.39, 0.29) is 0 Å². The summed E-state index contributed by atoms with van der Waals surface area (Å²) in [5, 5.41) is 0. The Balaban J connectivity index is 2.16. The molecule has 1 aromatic heterocycles. The third-order valence-electron chi connectivity index (χ3n) is 6.92. The summed E-state index contributed by atoms with van der Waals surface area (Å²) in [4.78, 5) is 3.50. The average molecular weight is 430 g/mol. The second-order valence-corrected chi connectivity index (χ2v) is 9.86. The molecule has 31 heavy (non-hydrogen) atoms. The van der Waals surface area contributed by atoms with Crippen molar-refractivity contribution in [2.75, 3.05) is 0 Å². The Morgan fingerprint density at radius 3 is 1.68 bits per heavy atom. The van der Waals surface area contributed by atoms with Gasteiger partial charge in [-0.15, -0.1) is 0 Å². The molecule has 0 amide bonds. The highest BCUT2D eigenvalue weighted by Gasteiger charge is 2.14. The van der Waals surface area contributed by atoms with E-state index < -0.39 is 0 Å². The Kier molecular flexibility index (Phi) is 18.9. The molecule has 1 nitrogen and oxygen atoms in total. The van der Waals surface area contributed by atoms with E-state index in [1.54, 1.807) is 5.57 Å². The van der Waals surface area contributed by atoms with Gasteiger partial charge >= 0.3 is 0 Å². The third-order valence-corrected chi connectivity index (χ3v) is 6.92. The largest absolute Gasteiger partial charge is 0.364 e. The van der Waals surface area contributed by atoms with Gasteiger partial charge in [-0.3, -0.25) is 0 Å². The van der Waals surface area contributed by atoms with Gasteiger partial charge in [0.1, 0.15) is 0 Å². The van der Waals surface area contributed by atoms with E-state index in [9.17, 15) is 0 Å². The van der Waals surface area contributed by atoms with E-state index >= 15 is 0 Å². The molecule has 1 heteroatoms. The van der Waals surface area contributed by atoms with Crippen LogP contribution in [-0.2, 0) is 0 Å². The molecule has 0 aliphatic carbocycles. The van der Waals surface area contributed by atoms with Crippen molar-refractivity contribution in [1.82, 2.24) is 4.98 Å². The molecule has 1 rings (SSSR count). The Bertz CT molecular complexity index is 498. The molecule has 0 aromatic carbocycles. The predicted molar refractivity (Wildman–Crippen MR) is 141 cm³/mol. The summed E-state index contributed by atoms with van der Waals surface area (Å²) in [6.07, 6.45) is 32.7. The zero-order chi connectivity index (χ0) is 22.4. The first kappa shape index (κ1) is 28.1. The SMILES string of the molecule is CCCCCCCCC=C(C)C(CCCCCCCCCCCCCC)c1ccc[nH]1. The van der Waals surface area contributed by atoms with Crippen molar-refractivity contribution in [3.8, 4) is 0 Å². The van der Waals surface area contributed by atoms with Gasteiger partial charge in [0, 0.05) is 17.8 Å². The molecule has 1 aromatic rings. The summed E-state index contributed by atoms with van der Waals surface area (Å²) in [6, 6.07) is 4.44. The standard InChI is InChI=1S/C30H55N/c1-4-6-8-10-12-13-14-15-16-18-20-22-25-29(30-26-23-27-31-30)28(3)24-21-19-17-11-9-7-5-2/h23-24,26-27,29,31H,4-22,25H2,1-3H3. The normalized spacial score (nSPS) is 13.1. The molecule has 0 bridgehead atoms. The van der Waals surface area contributed by atoms with Crippen molar-refractivity contribution < 1.29 is 0 Å². The number of H-pyrrole nitrogens is 1. The van der Waals surface area contributed by atoms with E-state index in [2.05, 4.69) is 50.2 Å². The van der Waals surface area contributed by atoms with Gasteiger partial charge in [0.05, 0.1) is 0 Å². The van der Waals surface area contributed by atoms with E-state index in [4.69, 9.17) is 0 Å². The first-order valence-electron chi connectivity index (χ1n) is 14.1. The summed E-state index contributed by atoms with van der Waals surface area (Å²) in [5.41, 5.74) is 3.00. The molecular weight excluding hydrogens is 374 g/mol. The Labute approximate surface area is 195 Å². The number of unbranched alkanes of at least 4 members (excludes halogenated alkanes) is 17. The minimum Gasteiger partial charge on any atom is -0.364 e. The van der Waals surface area contributed by atoms with Crippen LogP contribution in [0.5, 0.6) is 0 Å². The fraction of sp³-hybridized carbons (Fsp3) is 0.800. The maximum Gasteiger partial charge on any atom is 0.0219 e. The minimum absolute atomic E-state index is 0.596.